The summed E-state index contributed by atoms with van der Waals surface area (Å²) in [6.45, 7) is 1.46. The first-order valence-corrected chi connectivity index (χ1v) is 8.54. The summed E-state index contributed by atoms with van der Waals surface area (Å²) >= 11 is 0. The molecule has 8 heteroatoms. The molecule has 0 unspecified atom stereocenters. The van der Waals surface area contributed by atoms with Crippen molar-refractivity contribution in [3.05, 3.63) is 54.7 Å². The maximum absolute atomic E-state index is 11.2. The molecule has 0 bridgehead atoms. The zero-order chi connectivity index (χ0) is 19.9. The summed E-state index contributed by atoms with van der Waals surface area (Å²) < 4.78 is 10.6. The van der Waals surface area contributed by atoms with Gasteiger partial charge in [0.1, 0.15) is 17.3 Å². The zero-order valence-electron chi connectivity index (χ0n) is 15.8. The van der Waals surface area contributed by atoms with Crippen molar-refractivity contribution in [2.45, 2.75) is 6.92 Å². The molecule has 0 spiro atoms. The Kier molecular flexibility index (Phi) is 5.91. The molecule has 144 valence electrons. The van der Waals surface area contributed by atoms with Crippen LogP contribution in [-0.2, 0) is 4.79 Å². The smallest absolute Gasteiger partial charge is 0.229 e. The van der Waals surface area contributed by atoms with Crippen LogP contribution in [0.1, 0.15) is 6.92 Å². The molecule has 3 rings (SSSR count). The summed E-state index contributed by atoms with van der Waals surface area (Å²) in [7, 11) is 3.20. The molecule has 28 heavy (non-hydrogen) atoms. The van der Waals surface area contributed by atoms with Crippen LogP contribution in [0.5, 0.6) is 11.5 Å². The molecule has 0 saturated carbocycles. The van der Waals surface area contributed by atoms with Crippen molar-refractivity contribution in [2.24, 2.45) is 0 Å². The number of carbonyl (C=O) groups is 1. The first-order chi connectivity index (χ1) is 13.6. The van der Waals surface area contributed by atoms with Crippen molar-refractivity contribution in [1.82, 2.24) is 9.97 Å². The summed E-state index contributed by atoms with van der Waals surface area (Å²) in [5.74, 6) is 2.23. The van der Waals surface area contributed by atoms with Crippen LogP contribution in [0.3, 0.4) is 0 Å². The van der Waals surface area contributed by atoms with Crippen LogP contribution in [0.2, 0.25) is 0 Å². The number of hydrogen-bond donors (Lipinski definition) is 3. The van der Waals surface area contributed by atoms with Crippen molar-refractivity contribution in [2.75, 3.05) is 30.2 Å². The molecular weight excluding hydrogens is 358 g/mol. The van der Waals surface area contributed by atoms with Gasteiger partial charge >= 0.3 is 0 Å². The fourth-order valence-electron chi connectivity index (χ4n) is 2.55. The molecule has 0 atom stereocenters. The molecule has 0 aliphatic heterocycles. The molecule has 0 radical (unpaired) electrons. The van der Waals surface area contributed by atoms with E-state index in [2.05, 4.69) is 25.9 Å². The van der Waals surface area contributed by atoms with Crippen LogP contribution in [0.4, 0.5) is 28.8 Å². The van der Waals surface area contributed by atoms with E-state index in [0.29, 0.717) is 29.0 Å². The number of ether oxygens (including phenoxy) is 2. The number of anilines is 5. The Balaban J connectivity index is 1.79. The Morgan fingerprint density at radius 3 is 2.54 bits per heavy atom. The maximum atomic E-state index is 11.2. The number of amides is 1. The SMILES string of the molecule is COc1ccc(OC)c(Nc2ccnc(Nc3cccc(NC(C)=O)c3)n2)c1. The van der Waals surface area contributed by atoms with E-state index in [0.717, 1.165) is 11.4 Å². The van der Waals surface area contributed by atoms with E-state index in [9.17, 15) is 4.79 Å². The predicted molar refractivity (Wildman–Crippen MR) is 109 cm³/mol. The number of methoxy groups -OCH3 is 2. The molecule has 2 aromatic carbocycles. The highest BCUT2D eigenvalue weighted by atomic mass is 16.5. The Bertz CT molecular complexity index is 978. The van der Waals surface area contributed by atoms with E-state index < -0.39 is 0 Å². The predicted octanol–water partition coefficient (Wildman–Crippen LogP) is 3.94. The number of aromatic nitrogens is 2. The standard InChI is InChI=1S/C20H21N5O3/c1-13(26)22-14-5-4-6-15(11-14)23-20-21-10-9-19(25-20)24-17-12-16(27-2)7-8-18(17)28-3/h4-12H,1-3H3,(H,22,26)(H2,21,23,24,25). The number of rotatable bonds is 7. The van der Waals surface area contributed by atoms with Crippen LogP contribution in [0.25, 0.3) is 0 Å². The van der Waals surface area contributed by atoms with Gasteiger partial charge in [0.25, 0.3) is 0 Å². The lowest BCUT2D eigenvalue weighted by Gasteiger charge is -2.13. The summed E-state index contributed by atoms with van der Waals surface area (Å²) in [6.07, 6.45) is 1.64. The Morgan fingerprint density at radius 2 is 1.79 bits per heavy atom. The summed E-state index contributed by atoms with van der Waals surface area (Å²) in [6, 6.07) is 14.5. The fraction of sp³-hybridized carbons (Fsp3) is 0.150. The van der Waals surface area contributed by atoms with Gasteiger partial charge in [0.05, 0.1) is 19.9 Å². The van der Waals surface area contributed by atoms with Gasteiger partial charge in [-0.15, -0.1) is 0 Å². The van der Waals surface area contributed by atoms with Gasteiger partial charge in [0.15, 0.2) is 0 Å². The van der Waals surface area contributed by atoms with Gasteiger partial charge in [-0.2, -0.15) is 4.98 Å². The molecule has 3 N–H and O–H groups in total. The molecular formula is C20H21N5O3. The second-order valence-electron chi connectivity index (χ2n) is 5.84. The minimum atomic E-state index is -0.133. The first-order valence-electron chi connectivity index (χ1n) is 8.54. The van der Waals surface area contributed by atoms with E-state index >= 15 is 0 Å². The van der Waals surface area contributed by atoms with Gasteiger partial charge in [0.2, 0.25) is 11.9 Å². The third kappa shape index (κ3) is 4.88. The number of benzene rings is 2. The van der Waals surface area contributed by atoms with Crippen LogP contribution in [0, 0.1) is 0 Å². The molecule has 3 aromatic rings. The van der Waals surface area contributed by atoms with Gasteiger partial charge < -0.3 is 25.4 Å². The Hall–Kier alpha value is -3.81. The molecule has 0 saturated heterocycles. The first kappa shape index (κ1) is 19.0. The molecule has 1 amide bonds. The third-order valence-corrected chi connectivity index (χ3v) is 3.76. The second kappa shape index (κ2) is 8.72. The average Bonchev–Trinajstić information content (AvgIpc) is 2.68. The molecule has 0 fully saturated rings. The van der Waals surface area contributed by atoms with Crippen LogP contribution in [0.15, 0.2) is 54.7 Å². The average molecular weight is 379 g/mol. The van der Waals surface area contributed by atoms with Crippen LogP contribution >= 0.6 is 0 Å². The van der Waals surface area contributed by atoms with E-state index in [1.807, 2.05) is 30.3 Å². The third-order valence-electron chi connectivity index (χ3n) is 3.76. The highest BCUT2D eigenvalue weighted by Gasteiger charge is 2.08. The molecule has 0 aliphatic rings. The second-order valence-corrected chi connectivity index (χ2v) is 5.84. The summed E-state index contributed by atoms with van der Waals surface area (Å²) in [4.78, 5) is 19.9. The van der Waals surface area contributed by atoms with Crippen LogP contribution in [-0.4, -0.2) is 30.1 Å². The normalized spacial score (nSPS) is 10.1. The monoisotopic (exact) mass is 379 g/mol. The number of hydrogen-bond acceptors (Lipinski definition) is 7. The number of nitrogens with one attached hydrogen (secondary N) is 3. The van der Waals surface area contributed by atoms with E-state index in [1.54, 1.807) is 38.6 Å². The topological polar surface area (TPSA) is 97.4 Å². The molecule has 8 nitrogen and oxygen atoms in total. The van der Waals surface area contributed by atoms with E-state index in [1.165, 1.54) is 6.92 Å². The summed E-state index contributed by atoms with van der Waals surface area (Å²) in [5, 5.41) is 9.07. The lowest BCUT2D eigenvalue weighted by atomic mass is 10.2. The Labute approximate surface area is 162 Å². The van der Waals surface area contributed by atoms with Crippen molar-refractivity contribution >= 4 is 34.7 Å². The van der Waals surface area contributed by atoms with Crippen molar-refractivity contribution in [1.29, 1.82) is 0 Å². The van der Waals surface area contributed by atoms with Gasteiger partial charge in [-0.05, 0) is 36.4 Å². The minimum absolute atomic E-state index is 0.133. The minimum Gasteiger partial charge on any atom is -0.497 e. The molecule has 1 heterocycles. The van der Waals surface area contributed by atoms with Gasteiger partial charge in [0, 0.05) is 30.6 Å². The molecule has 1 aromatic heterocycles. The number of nitrogens with zero attached hydrogens (tertiary/aromatic N) is 2. The largest absolute Gasteiger partial charge is 0.497 e. The Morgan fingerprint density at radius 1 is 0.964 bits per heavy atom. The van der Waals surface area contributed by atoms with Gasteiger partial charge in [-0.25, -0.2) is 4.98 Å². The van der Waals surface area contributed by atoms with Crippen molar-refractivity contribution in [3.8, 4) is 11.5 Å². The summed E-state index contributed by atoms with van der Waals surface area (Å²) in [5.41, 5.74) is 2.16. The van der Waals surface area contributed by atoms with E-state index in [-0.39, 0.29) is 5.91 Å². The number of carbonyl (C=O) groups excluding carboxylic acids is 1. The zero-order valence-corrected chi connectivity index (χ0v) is 15.8. The highest BCUT2D eigenvalue weighted by Crippen LogP contribution is 2.31. The molecule has 0 aliphatic carbocycles. The van der Waals surface area contributed by atoms with Crippen LogP contribution < -0.4 is 25.4 Å². The van der Waals surface area contributed by atoms with Gasteiger partial charge in [-0.3, -0.25) is 4.79 Å². The maximum Gasteiger partial charge on any atom is 0.229 e. The quantitative estimate of drug-likeness (QED) is 0.572. The fourth-order valence-corrected chi connectivity index (χ4v) is 2.55. The highest BCUT2D eigenvalue weighted by molar-refractivity contribution is 5.89. The van der Waals surface area contributed by atoms with Crippen molar-refractivity contribution < 1.29 is 14.3 Å². The lowest BCUT2D eigenvalue weighted by Crippen LogP contribution is -2.06. The van der Waals surface area contributed by atoms with E-state index in [4.69, 9.17) is 9.47 Å². The van der Waals surface area contributed by atoms with Gasteiger partial charge in [-0.1, -0.05) is 6.07 Å². The lowest BCUT2D eigenvalue weighted by molar-refractivity contribution is -0.114. The van der Waals surface area contributed by atoms with Crippen molar-refractivity contribution in [3.63, 3.8) is 0 Å².